The minimum Gasteiger partial charge on any atom is -0.468 e. The second-order valence-electron chi connectivity index (χ2n) is 6.65. The van der Waals surface area contributed by atoms with Gasteiger partial charge in [0, 0.05) is 23.7 Å². The molecule has 1 fully saturated rings. The standard InChI is InChI=1S/C16H28N2O/c1-5-14-7-6-9-18(14)12-13-8-10-19-15(13)11-17-16(2,3)4/h8,10,14,17H,5-7,9,11-12H2,1-4H3. The zero-order valence-electron chi connectivity index (χ0n) is 12.8. The molecule has 19 heavy (non-hydrogen) atoms. The number of rotatable bonds is 5. The van der Waals surface area contributed by atoms with Crippen LogP contribution < -0.4 is 5.32 Å². The summed E-state index contributed by atoms with van der Waals surface area (Å²) in [5, 5.41) is 3.50. The van der Waals surface area contributed by atoms with E-state index in [9.17, 15) is 0 Å². The van der Waals surface area contributed by atoms with Gasteiger partial charge in [0.2, 0.25) is 0 Å². The van der Waals surface area contributed by atoms with Crippen LogP contribution in [0.4, 0.5) is 0 Å². The molecule has 2 heterocycles. The smallest absolute Gasteiger partial charge is 0.122 e. The van der Waals surface area contributed by atoms with Crippen molar-refractivity contribution in [2.75, 3.05) is 6.54 Å². The summed E-state index contributed by atoms with van der Waals surface area (Å²) in [5.74, 6) is 1.09. The first-order valence-corrected chi connectivity index (χ1v) is 7.54. The normalized spacial score (nSPS) is 21.2. The summed E-state index contributed by atoms with van der Waals surface area (Å²) in [5.41, 5.74) is 1.47. The van der Waals surface area contributed by atoms with Crippen molar-refractivity contribution in [1.82, 2.24) is 10.2 Å². The Morgan fingerprint density at radius 3 is 2.89 bits per heavy atom. The van der Waals surface area contributed by atoms with Crippen LogP contribution in [0.25, 0.3) is 0 Å². The molecule has 1 N–H and O–H groups in total. The van der Waals surface area contributed by atoms with Crippen LogP contribution in [0.1, 0.15) is 58.3 Å². The Bertz CT molecular complexity index is 392. The first-order valence-electron chi connectivity index (χ1n) is 7.54. The zero-order valence-corrected chi connectivity index (χ0v) is 12.8. The van der Waals surface area contributed by atoms with Gasteiger partial charge in [-0.05, 0) is 52.6 Å². The summed E-state index contributed by atoms with van der Waals surface area (Å²) in [7, 11) is 0. The highest BCUT2D eigenvalue weighted by molar-refractivity contribution is 5.17. The maximum atomic E-state index is 5.65. The summed E-state index contributed by atoms with van der Waals surface area (Å²) in [6.45, 7) is 11.9. The van der Waals surface area contributed by atoms with E-state index >= 15 is 0 Å². The second kappa shape index (κ2) is 6.10. The van der Waals surface area contributed by atoms with Crippen LogP contribution in [0, 0.1) is 0 Å². The molecule has 1 aromatic rings. The number of hydrogen-bond acceptors (Lipinski definition) is 3. The van der Waals surface area contributed by atoms with Crippen LogP contribution in [0.5, 0.6) is 0 Å². The van der Waals surface area contributed by atoms with Gasteiger partial charge in [-0.15, -0.1) is 0 Å². The van der Waals surface area contributed by atoms with E-state index in [0.29, 0.717) is 0 Å². The number of likely N-dealkylation sites (tertiary alicyclic amines) is 1. The Morgan fingerprint density at radius 1 is 1.42 bits per heavy atom. The van der Waals surface area contributed by atoms with E-state index in [4.69, 9.17) is 4.42 Å². The topological polar surface area (TPSA) is 28.4 Å². The predicted molar refractivity (Wildman–Crippen MR) is 79.0 cm³/mol. The van der Waals surface area contributed by atoms with E-state index in [1.54, 1.807) is 0 Å². The van der Waals surface area contributed by atoms with E-state index in [1.807, 2.05) is 6.26 Å². The van der Waals surface area contributed by atoms with E-state index in [2.05, 4.69) is 44.0 Å². The van der Waals surface area contributed by atoms with Crippen LogP contribution in [-0.2, 0) is 13.1 Å². The molecule has 0 saturated carbocycles. The van der Waals surface area contributed by atoms with Crippen molar-refractivity contribution in [2.45, 2.75) is 71.6 Å². The van der Waals surface area contributed by atoms with Crippen LogP contribution >= 0.6 is 0 Å². The molecular weight excluding hydrogens is 236 g/mol. The molecule has 0 aromatic carbocycles. The minimum atomic E-state index is 0.129. The summed E-state index contributed by atoms with van der Waals surface area (Å²) in [4.78, 5) is 2.60. The van der Waals surface area contributed by atoms with Crippen molar-refractivity contribution in [2.24, 2.45) is 0 Å². The Kier molecular flexibility index (Phi) is 4.69. The Morgan fingerprint density at radius 2 is 2.21 bits per heavy atom. The van der Waals surface area contributed by atoms with Gasteiger partial charge in [-0.3, -0.25) is 4.90 Å². The SMILES string of the molecule is CCC1CCCN1Cc1ccoc1CNC(C)(C)C. The lowest BCUT2D eigenvalue weighted by Crippen LogP contribution is -2.35. The quantitative estimate of drug-likeness (QED) is 0.881. The highest BCUT2D eigenvalue weighted by Gasteiger charge is 2.24. The maximum absolute atomic E-state index is 5.65. The Hall–Kier alpha value is -0.800. The summed E-state index contributed by atoms with van der Waals surface area (Å²) < 4.78 is 5.65. The molecule has 0 bridgehead atoms. The molecule has 2 rings (SSSR count). The third-order valence-electron chi connectivity index (χ3n) is 3.96. The first-order chi connectivity index (χ1) is 8.99. The number of furan rings is 1. The van der Waals surface area contributed by atoms with E-state index in [0.717, 1.165) is 24.9 Å². The molecule has 3 heteroatoms. The first kappa shape index (κ1) is 14.6. The van der Waals surface area contributed by atoms with Gasteiger partial charge < -0.3 is 9.73 Å². The lowest BCUT2D eigenvalue weighted by molar-refractivity contribution is 0.237. The molecule has 1 aromatic heterocycles. The molecule has 0 spiro atoms. The zero-order chi connectivity index (χ0) is 13.9. The Labute approximate surface area is 117 Å². The fourth-order valence-electron chi connectivity index (χ4n) is 2.79. The average molecular weight is 264 g/mol. The molecule has 1 aliphatic rings. The lowest BCUT2D eigenvalue weighted by atomic mass is 10.1. The highest BCUT2D eigenvalue weighted by atomic mass is 16.3. The van der Waals surface area contributed by atoms with Gasteiger partial charge >= 0.3 is 0 Å². The molecule has 1 aliphatic heterocycles. The lowest BCUT2D eigenvalue weighted by Gasteiger charge is -2.24. The second-order valence-corrected chi connectivity index (χ2v) is 6.65. The molecule has 0 radical (unpaired) electrons. The van der Waals surface area contributed by atoms with E-state index in [-0.39, 0.29) is 5.54 Å². The molecule has 1 saturated heterocycles. The van der Waals surface area contributed by atoms with Crippen molar-refractivity contribution in [3.05, 3.63) is 23.7 Å². The number of nitrogens with zero attached hydrogens (tertiary/aromatic N) is 1. The summed E-state index contributed by atoms with van der Waals surface area (Å²) in [6, 6.07) is 2.89. The van der Waals surface area contributed by atoms with Gasteiger partial charge in [-0.1, -0.05) is 6.92 Å². The van der Waals surface area contributed by atoms with E-state index < -0.39 is 0 Å². The maximum Gasteiger partial charge on any atom is 0.122 e. The third kappa shape index (κ3) is 4.08. The fourth-order valence-corrected chi connectivity index (χ4v) is 2.79. The van der Waals surface area contributed by atoms with Crippen LogP contribution in [0.15, 0.2) is 16.7 Å². The fraction of sp³-hybridized carbons (Fsp3) is 0.750. The predicted octanol–water partition coefficient (Wildman–Crippen LogP) is 3.54. The van der Waals surface area contributed by atoms with Crippen molar-refractivity contribution >= 4 is 0 Å². The molecule has 1 unspecified atom stereocenters. The molecular formula is C16H28N2O. The largest absolute Gasteiger partial charge is 0.468 e. The minimum absolute atomic E-state index is 0.129. The van der Waals surface area contributed by atoms with Crippen molar-refractivity contribution in [1.29, 1.82) is 0 Å². The summed E-state index contributed by atoms with van der Waals surface area (Å²) in [6.07, 6.45) is 5.77. The van der Waals surface area contributed by atoms with Gasteiger partial charge in [0.15, 0.2) is 0 Å². The van der Waals surface area contributed by atoms with Gasteiger partial charge in [0.1, 0.15) is 5.76 Å². The number of hydrogen-bond donors (Lipinski definition) is 1. The van der Waals surface area contributed by atoms with Gasteiger partial charge in [0.25, 0.3) is 0 Å². The third-order valence-corrected chi connectivity index (χ3v) is 3.96. The summed E-state index contributed by atoms with van der Waals surface area (Å²) >= 11 is 0. The van der Waals surface area contributed by atoms with Gasteiger partial charge in [-0.2, -0.15) is 0 Å². The van der Waals surface area contributed by atoms with Crippen LogP contribution in [-0.4, -0.2) is 23.0 Å². The van der Waals surface area contributed by atoms with Crippen molar-refractivity contribution in [3.63, 3.8) is 0 Å². The van der Waals surface area contributed by atoms with E-state index in [1.165, 1.54) is 31.4 Å². The monoisotopic (exact) mass is 264 g/mol. The van der Waals surface area contributed by atoms with Crippen LogP contribution in [0.3, 0.4) is 0 Å². The highest BCUT2D eigenvalue weighted by Crippen LogP contribution is 2.24. The average Bonchev–Trinajstić information content (AvgIpc) is 2.95. The molecule has 0 amide bonds. The van der Waals surface area contributed by atoms with Crippen molar-refractivity contribution in [3.8, 4) is 0 Å². The Balaban J connectivity index is 1.95. The molecule has 0 aliphatic carbocycles. The molecule has 1 atom stereocenters. The van der Waals surface area contributed by atoms with Crippen LogP contribution in [0.2, 0.25) is 0 Å². The number of nitrogens with one attached hydrogen (secondary N) is 1. The van der Waals surface area contributed by atoms with Crippen molar-refractivity contribution < 1.29 is 4.42 Å². The van der Waals surface area contributed by atoms with Gasteiger partial charge in [0.05, 0.1) is 12.8 Å². The molecule has 3 nitrogen and oxygen atoms in total. The molecule has 108 valence electrons. The van der Waals surface area contributed by atoms with Gasteiger partial charge in [-0.25, -0.2) is 0 Å².